The first-order valence-corrected chi connectivity index (χ1v) is 9.48. The molecule has 1 aliphatic rings. The van der Waals surface area contributed by atoms with E-state index in [1.165, 1.54) is 4.74 Å². The molecule has 0 heterocycles. The SMILES string of the molecule is CN(C(=O)[C@](F)(OC(F)(F)[C@](F)(OC(F)(F)C(F)(F)C(F)(F)F)C(F)(F)F)C(F)(F)F)C1CCCCC1. The van der Waals surface area contributed by atoms with Gasteiger partial charge in [0.05, 0.1) is 0 Å². The van der Waals surface area contributed by atoms with Gasteiger partial charge in [0.15, 0.2) is 0 Å². The van der Waals surface area contributed by atoms with E-state index in [0.29, 0.717) is 13.5 Å². The van der Waals surface area contributed by atoms with Crippen LogP contribution in [0.5, 0.6) is 0 Å². The van der Waals surface area contributed by atoms with Gasteiger partial charge in [-0.05, 0) is 12.8 Å². The lowest BCUT2D eigenvalue weighted by atomic mass is 9.94. The number of hydrogen-bond acceptors (Lipinski definition) is 3. The van der Waals surface area contributed by atoms with Crippen LogP contribution >= 0.6 is 0 Å². The third kappa shape index (κ3) is 5.95. The minimum absolute atomic E-state index is 0.183. The van der Waals surface area contributed by atoms with Gasteiger partial charge in [-0.1, -0.05) is 19.3 Å². The molecule has 0 unspecified atom stereocenters. The molecular formula is C16H14F17NO3. The van der Waals surface area contributed by atoms with Gasteiger partial charge < -0.3 is 4.90 Å². The first kappa shape index (κ1) is 33.2. The number of carbonyl (C=O) groups is 1. The summed E-state index contributed by atoms with van der Waals surface area (Å²) in [6.45, 7) is 0. The molecule has 0 aromatic heterocycles. The zero-order chi connectivity index (χ0) is 29.7. The minimum Gasteiger partial charge on any atom is -0.337 e. The van der Waals surface area contributed by atoms with E-state index in [1.54, 1.807) is 0 Å². The summed E-state index contributed by atoms with van der Waals surface area (Å²) in [4.78, 5) is 11.8. The lowest BCUT2D eigenvalue weighted by Gasteiger charge is -2.41. The van der Waals surface area contributed by atoms with Crippen LogP contribution in [0.25, 0.3) is 0 Å². The van der Waals surface area contributed by atoms with Gasteiger partial charge in [0, 0.05) is 13.1 Å². The summed E-state index contributed by atoms with van der Waals surface area (Å²) >= 11 is 0. The number of rotatable bonds is 8. The van der Waals surface area contributed by atoms with Crippen LogP contribution < -0.4 is 0 Å². The molecule has 0 spiro atoms. The Morgan fingerprint density at radius 2 is 1.05 bits per heavy atom. The summed E-state index contributed by atoms with van der Waals surface area (Å²) in [5, 5.41) is 0. The number of hydrogen-bond donors (Lipinski definition) is 0. The van der Waals surface area contributed by atoms with Gasteiger partial charge >= 0.3 is 48.4 Å². The van der Waals surface area contributed by atoms with E-state index < -0.39 is 60.3 Å². The van der Waals surface area contributed by atoms with Crippen LogP contribution in [-0.4, -0.2) is 72.3 Å². The molecule has 1 aliphatic carbocycles. The predicted octanol–water partition coefficient (Wildman–Crippen LogP) is 6.65. The van der Waals surface area contributed by atoms with Crippen LogP contribution in [0.4, 0.5) is 74.6 Å². The van der Waals surface area contributed by atoms with Crippen LogP contribution in [0.15, 0.2) is 0 Å². The van der Waals surface area contributed by atoms with Crippen molar-refractivity contribution in [1.29, 1.82) is 0 Å². The number of likely N-dealkylation sites (N-methyl/N-ethyl adjacent to an activating group) is 1. The third-order valence-corrected chi connectivity index (χ3v) is 5.08. The van der Waals surface area contributed by atoms with Crippen LogP contribution in [0, 0.1) is 0 Å². The first-order chi connectivity index (χ1) is 16.1. The van der Waals surface area contributed by atoms with E-state index in [-0.39, 0.29) is 30.6 Å². The molecular weight excluding hydrogens is 577 g/mol. The minimum atomic E-state index is -8.01. The second-order valence-electron chi connectivity index (χ2n) is 7.70. The van der Waals surface area contributed by atoms with Crippen LogP contribution in [0.2, 0.25) is 0 Å². The summed E-state index contributed by atoms with van der Waals surface area (Å²) in [5.41, 5.74) is 0. The smallest absolute Gasteiger partial charge is 0.337 e. The van der Waals surface area contributed by atoms with Crippen molar-refractivity contribution < 1.29 is 88.9 Å². The van der Waals surface area contributed by atoms with Gasteiger partial charge in [-0.15, -0.1) is 0 Å². The van der Waals surface area contributed by atoms with Gasteiger partial charge in [0.2, 0.25) is 0 Å². The fraction of sp³-hybridized carbons (Fsp3) is 0.938. The Morgan fingerprint density at radius 3 is 1.41 bits per heavy atom. The molecule has 21 heteroatoms. The highest BCUT2D eigenvalue weighted by Gasteiger charge is 2.85. The van der Waals surface area contributed by atoms with Crippen molar-refractivity contribution in [3.05, 3.63) is 0 Å². The van der Waals surface area contributed by atoms with Gasteiger partial charge in [-0.3, -0.25) is 14.3 Å². The number of alkyl halides is 17. The summed E-state index contributed by atoms with van der Waals surface area (Å²) < 4.78 is 227. The standard InChI is InChI=1S/C16H14F17NO3/c1-34(7-5-3-2-4-6-7)8(35)9(17,12(21,22)23)36-16(32,33)11(20,14(27,28)29)37-15(30,31)10(18,19)13(24,25)26/h7H,2-6H2,1H3/t9-,11+/m0/s1. The van der Waals surface area contributed by atoms with E-state index in [1.807, 2.05) is 0 Å². The highest BCUT2D eigenvalue weighted by atomic mass is 19.4. The maximum Gasteiger partial charge on any atom is 0.462 e. The van der Waals surface area contributed by atoms with Crippen molar-refractivity contribution in [2.24, 2.45) is 0 Å². The Kier molecular flexibility index (Phi) is 8.75. The lowest BCUT2D eigenvalue weighted by molar-refractivity contribution is -0.548. The van der Waals surface area contributed by atoms with Crippen molar-refractivity contribution in [2.45, 2.75) is 86.5 Å². The lowest BCUT2D eigenvalue weighted by Crippen LogP contribution is -2.69. The van der Waals surface area contributed by atoms with Gasteiger partial charge in [0.25, 0.3) is 5.91 Å². The highest BCUT2D eigenvalue weighted by Crippen LogP contribution is 2.56. The number of amides is 1. The fourth-order valence-corrected chi connectivity index (χ4v) is 3.01. The van der Waals surface area contributed by atoms with Gasteiger partial charge in [0.1, 0.15) is 0 Å². The highest BCUT2D eigenvalue weighted by molar-refractivity contribution is 5.84. The summed E-state index contributed by atoms with van der Waals surface area (Å²) in [5.74, 6) is -25.8. The largest absolute Gasteiger partial charge is 0.462 e. The second-order valence-corrected chi connectivity index (χ2v) is 7.70. The van der Waals surface area contributed by atoms with E-state index in [2.05, 4.69) is 4.74 Å². The second kappa shape index (κ2) is 9.74. The molecule has 0 radical (unpaired) electrons. The Bertz CT molecular complexity index is 817. The monoisotopic (exact) mass is 591 g/mol. The molecule has 1 saturated carbocycles. The molecule has 4 nitrogen and oxygen atoms in total. The van der Waals surface area contributed by atoms with Gasteiger partial charge in [-0.2, -0.15) is 74.6 Å². The average Bonchev–Trinajstić information content (AvgIpc) is 2.69. The van der Waals surface area contributed by atoms with E-state index in [4.69, 9.17) is 0 Å². The summed E-state index contributed by atoms with van der Waals surface area (Å²) in [7, 11) is 0.334. The molecule has 0 saturated heterocycles. The molecule has 0 aliphatic heterocycles. The maximum atomic E-state index is 14.6. The molecule has 0 N–H and O–H groups in total. The van der Waals surface area contributed by atoms with E-state index in [0.717, 1.165) is 0 Å². The van der Waals surface area contributed by atoms with Crippen molar-refractivity contribution in [3.8, 4) is 0 Å². The molecule has 1 fully saturated rings. The average molecular weight is 591 g/mol. The molecule has 1 amide bonds. The normalized spacial score (nSPS) is 20.8. The summed E-state index contributed by atoms with van der Waals surface area (Å²) in [6.07, 6.45) is -37.9. The number of nitrogens with zero attached hydrogens (tertiary/aromatic N) is 1. The fourth-order valence-electron chi connectivity index (χ4n) is 3.01. The van der Waals surface area contributed by atoms with Crippen molar-refractivity contribution in [3.63, 3.8) is 0 Å². The van der Waals surface area contributed by atoms with Crippen LogP contribution in [0.3, 0.4) is 0 Å². The molecule has 0 aromatic carbocycles. The zero-order valence-corrected chi connectivity index (χ0v) is 17.7. The van der Waals surface area contributed by atoms with Crippen LogP contribution in [-0.2, 0) is 14.3 Å². The third-order valence-electron chi connectivity index (χ3n) is 5.08. The van der Waals surface area contributed by atoms with E-state index in [9.17, 15) is 79.4 Å². The maximum absolute atomic E-state index is 14.6. The topological polar surface area (TPSA) is 38.8 Å². The molecule has 0 bridgehead atoms. The van der Waals surface area contributed by atoms with Crippen molar-refractivity contribution >= 4 is 5.91 Å². The molecule has 0 aromatic rings. The first-order valence-electron chi connectivity index (χ1n) is 9.48. The Morgan fingerprint density at radius 1 is 0.622 bits per heavy atom. The Labute approximate surface area is 194 Å². The van der Waals surface area contributed by atoms with Gasteiger partial charge in [-0.25, -0.2) is 0 Å². The Balaban J connectivity index is 3.60. The van der Waals surface area contributed by atoms with E-state index >= 15 is 0 Å². The molecule has 37 heavy (non-hydrogen) atoms. The molecule has 1 rings (SSSR count). The molecule has 220 valence electrons. The quantitative estimate of drug-likeness (QED) is 0.297. The van der Waals surface area contributed by atoms with Crippen molar-refractivity contribution in [2.75, 3.05) is 7.05 Å². The summed E-state index contributed by atoms with van der Waals surface area (Å²) in [6, 6.07) is -1.36. The number of carbonyl (C=O) groups excluding carboxylic acids is 1. The van der Waals surface area contributed by atoms with Crippen molar-refractivity contribution in [1.82, 2.24) is 4.90 Å². The predicted molar refractivity (Wildman–Crippen MR) is 82.5 cm³/mol. The zero-order valence-electron chi connectivity index (χ0n) is 17.7. The van der Waals surface area contributed by atoms with Crippen LogP contribution in [0.1, 0.15) is 32.1 Å². The Hall–Kier alpha value is -1.80. The number of halogens is 17. The molecule has 2 atom stereocenters. The number of ether oxygens (including phenoxy) is 2.